The Morgan fingerprint density at radius 2 is 1.85 bits per heavy atom. The quantitative estimate of drug-likeness (QED) is 0.540. The fourth-order valence-electron chi connectivity index (χ4n) is 2.54. The van der Waals surface area contributed by atoms with E-state index in [1.54, 1.807) is 31.2 Å². The summed E-state index contributed by atoms with van der Waals surface area (Å²) in [6.07, 6.45) is 1.39. The maximum Gasteiger partial charge on any atom is 0.269 e. The van der Waals surface area contributed by atoms with Crippen LogP contribution in [-0.4, -0.2) is 21.0 Å². The number of non-ortho nitro benzene ring substituents is 1. The van der Waals surface area contributed by atoms with Crippen molar-refractivity contribution in [2.75, 3.05) is 0 Å². The van der Waals surface area contributed by atoms with Crippen molar-refractivity contribution in [3.05, 3.63) is 81.8 Å². The van der Waals surface area contributed by atoms with Crippen LogP contribution in [0.1, 0.15) is 28.9 Å². The first-order valence-electron chi connectivity index (χ1n) is 7.80. The number of rotatable bonds is 5. The molecule has 3 rings (SSSR count). The molecule has 7 nitrogen and oxygen atoms in total. The molecular formula is C18H15FN4O3. The smallest absolute Gasteiger partial charge is 0.269 e. The van der Waals surface area contributed by atoms with E-state index in [2.05, 4.69) is 15.5 Å². The minimum atomic E-state index is -0.491. The molecule has 2 aromatic carbocycles. The van der Waals surface area contributed by atoms with Crippen molar-refractivity contribution >= 4 is 11.6 Å². The highest BCUT2D eigenvalue weighted by atomic mass is 19.1. The molecule has 3 aromatic rings. The molecule has 0 aliphatic rings. The van der Waals surface area contributed by atoms with Gasteiger partial charge in [-0.05, 0) is 36.8 Å². The molecule has 0 fully saturated rings. The van der Waals surface area contributed by atoms with Crippen LogP contribution in [0.4, 0.5) is 10.1 Å². The lowest BCUT2D eigenvalue weighted by Gasteiger charge is -2.14. The van der Waals surface area contributed by atoms with Crippen molar-refractivity contribution in [1.82, 2.24) is 15.5 Å². The van der Waals surface area contributed by atoms with E-state index < -0.39 is 4.92 Å². The van der Waals surface area contributed by atoms with E-state index in [9.17, 15) is 19.3 Å². The van der Waals surface area contributed by atoms with Crippen molar-refractivity contribution in [2.45, 2.75) is 13.0 Å². The van der Waals surface area contributed by atoms with Crippen molar-refractivity contribution in [1.29, 1.82) is 0 Å². The molecule has 1 atom stereocenters. The first-order valence-corrected chi connectivity index (χ1v) is 7.80. The number of nitro benzene ring substituents is 1. The highest BCUT2D eigenvalue weighted by Crippen LogP contribution is 2.24. The molecule has 1 amide bonds. The Morgan fingerprint density at radius 1 is 1.19 bits per heavy atom. The number of nitrogens with zero attached hydrogens (tertiary/aromatic N) is 2. The summed E-state index contributed by atoms with van der Waals surface area (Å²) in [5.41, 5.74) is 2.11. The summed E-state index contributed by atoms with van der Waals surface area (Å²) in [5.74, 6) is -0.702. The van der Waals surface area contributed by atoms with E-state index >= 15 is 0 Å². The van der Waals surface area contributed by atoms with Crippen LogP contribution in [-0.2, 0) is 0 Å². The molecule has 8 heteroatoms. The van der Waals surface area contributed by atoms with Gasteiger partial charge in [-0.3, -0.25) is 20.0 Å². The van der Waals surface area contributed by atoms with Gasteiger partial charge in [0.05, 0.1) is 28.4 Å². The molecule has 0 saturated heterocycles. The zero-order chi connectivity index (χ0) is 18.7. The second-order valence-corrected chi connectivity index (χ2v) is 5.71. The van der Waals surface area contributed by atoms with Crippen LogP contribution in [0.15, 0.2) is 54.7 Å². The van der Waals surface area contributed by atoms with Crippen molar-refractivity contribution in [3.63, 3.8) is 0 Å². The number of aromatic amines is 1. The fraction of sp³-hybridized carbons (Fsp3) is 0.111. The van der Waals surface area contributed by atoms with Gasteiger partial charge in [-0.25, -0.2) is 4.39 Å². The van der Waals surface area contributed by atoms with Gasteiger partial charge in [0.15, 0.2) is 0 Å². The number of H-pyrrole nitrogens is 1. The fourth-order valence-corrected chi connectivity index (χ4v) is 2.54. The molecule has 0 bridgehead atoms. The lowest BCUT2D eigenvalue weighted by molar-refractivity contribution is -0.384. The molecule has 1 heterocycles. The van der Waals surface area contributed by atoms with Crippen LogP contribution >= 0.6 is 0 Å². The zero-order valence-electron chi connectivity index (χ0n) is 13.8. The van der Waals surface area contributed by atoms with E-state index in [1.165, 1.54) is 30.5 Å². The summed E-state index contributed by atoms with van der Waals surface area (Å²) in [6, 6.07) is 11.4. The standard InChI is InChI=1S/C18H15FN4O3/c1-11(12-2-6-14(19)7-3-12)21-18(24)16-10-20-22-17(16)13-4-8-15(9-5-13)23(25)26/h2-11H,1H3,(H,20,22)(H,21,24). The summed E-state index contributed by atoms with van der Waals surface area (Å²) in [4.78, 5) is 22.8. The predicted octanol–water partition coefficient (Wildman–Crippen LogP) is 3.62. The van der Waals surface area contributed by atoms with Gasteiger partial charge in [-0.2, -0.15) is 5.10 Å². The minimum absolute atomic E-state index is 0.0378. The molecule has 2 N–H and O–H groups in total. The minimum Gasteiger partial charge on any atom is -0.345 e. The third kappa shape index (κ3) is 3.59. The number of hydrogen-bond acceptors (Lipinski definition) is 4. The number of halogens is 1. The summed E-state index contributed by atoms with van der Waals surface area (Å²) >= 11 is 0. The third-order valence-corrected chi connectivity index (χ3v) is 3.97. The second kappa shape index (κ2) is 7.14. The Morgan fingerprint density at radius 3 is 2.46 bits per heavy atom. The van der Waals surface area contributed by atoms with Gasteiger partial charge in [-0.1, -0.05) is 12.1 Å². The normalized spacial score (nSPS) is 11.8. The first-order chi connectivity index (χ1) is 12.5. The van der Waals surface area contributed by atoms with Crippen molar-refractivity contribution in [3.8, 4) is 11.3 Å². The Bertz CT molecular complexity index is 936. The third-order valence-electron chi connectivity index (χ3n) is 3.97. The Kier molecular flexibility index (Phi) is 4.74. The van der Waals surface area contributed by atoms with E-state index in [0.717, 1.165) is 5.56 Å². The summed E-state index contributed by atoms with van der Waals surface area (Å²) in [6.45, 7) is 1.79. The average Bonchev–Trinajstić information content (AvgIpc) is 3.12. The Labute approximate surface area is 148 Å². The number of amides is 1. The number of nitro groups is 1. The average molecular weight is 354 g/mol. The van der Waals surface area contributed by atoms with Crippen LogP contribution in [0.5, 0.6) is 0 Å². The molecule has 0 saturated carbocycles. The highest BCUT2D eigenvalue weighted by Gasteiger charge is 2.18. The molecule has 0 aliphatic heterocycles. The van der Waals surface area contributed by atoms with E-state index in [-0.39, 0.29) is 23.5 Å². The van der Waals surface area contributed by atoms with Gasteiger partial charge in [0.2, 0.25) is 0 Å². The lowest BCUT2D eigenvalue weighted by Crippen LogP contribution is -2.26. The predicted molar refractivity (Wildman–Crippen MR) is 93.0 cm³/mol. The van der Waals surface area contributed by atoms with Gasteiger partial charge in [0.25, 0.3) is 11.6 Å². The van der Waals surface area contributed by atoms with Gasteiger partial charge in [0, 0.05) is 17.7 Å². The zero-order valence-corrected chi connectivity index (χ0v) is 13.8. The van der Waals surface area contributed by atoms with Crippen LogP contribution in [0, 0.1) is 15.9 Å². The number of hydrogen-bond donors (Lipinski definition) is 2. The molecule has 0 aliphatic carbocycles. The molecule has 1 unspecified atom stereocenters. The summed E-state index contributed by atoms with van der Waals surface area (Å²) in [7, 11) is 0. The maximum absolute atomic E-state index is 13.0. The maximum atomic E-state index is 13.0. The Hall–Kier alpha value is -3.55. The van der Waals surface area contributed by atoms with E-state index in [4.69, 9.17) is 0 Å². The van der Waals surface area contributed by atoms with Gasteiger partial charge < -0.3 is 5.32 Å². The first kappa shape index (κ1) is 17.3. The van der Waals surface area contributed by atoms with Gasteiger partial charge >= 0.3 is 0 Å². The molecular weight excluding hydrogens is 339 g/mol. The number of carbonyl (C=O) groups is 1. The van der Waals surface area contributed by atoms with E-state index in [0.29, 0.717) is 16.8 Å². The summed E-state index contributed by atoms with van der Waals surface area (Å²) < 4.78 is 13.0. The number of aromatic nitrogens is 2. The van der Waals surface area contributed by atoms with Crippen LogP contribution in [0.3, 0.4) is 0 Å². The summed E-state index contributed by atoms with van der Waals surface area (Å²) in [5, 5.41) is 20.2. The van der Waals surface area contributed by atoms with Gasteiger partial charge in [0.1, 0.15) is 5.82 Å². The topological polar surface area (TPSA) is 101 Å². The van der Waals surface area contributed by atoms with Crippen LogP contribution in [0.25, 0.3) is 11.3 Å². The number of benzene rings is 2. The molecule has 26 heavy (non-hydrogen) atoms. The molecule has 0 radical (unpaired) electrons. The van der Waals surface area contributed by atoms with Crippen LogP contribution in [0.2, 0.25) is 0 Å². The molecule has 132 valence electrons. The highest BCUT2D eigenvalue weighted by molar-refractivity contribution is 5.99. The van der Waals surface area contributed by atoms with Gasteiger partial charge in [-0.15, -0.1) is 0 Å². The second-order valence-electron chi connectivity index (χ2n) is 5.71. The van der Waals surface area contributed by atoms with Crippen LogP contribution < -0.4 is 5.32 Å². The number of carbonyl (C=O) groups excluding carboxylic acids is 1. The van der Waals surface area contributed by atoms with Crippen molar-refractivity contribution < 1.29 is 14.1 Å². The SMILES string of the molecule is CC(NC(=O)c1cn[nH]c1-c1ccc([N+](=O)[O-])cc1)c1ccc(F)cc1. The molecule has 1 aromatic heterocycles. The van der Waals surface area contributed by atoms with Crippen molar-refractivity contribution in [2.24, 2.45) is 0 Å². The molecule has 0 spiro atoms. The number of nitrogens with one attached hydrogen (secondary N) is 2. The lowest BCUT2D eigenvalue weighted by atomic mass is 10.1. The monoisotopic (exact) mass is 354 g/mol. The Balaban J connectivity index is 1.80. The largest absolute Gasteiger partial charge is 0.345 e. The van der Waals surface area contributed by atoms with E-state index in [1.807, 2.05) is 0 Å².